The smallest absolute Gasteiger partial charge is 0.309 e. The van der Waals surface area contributed by atoms with Crippen LogP contribution in [0.2, 0.25) is 0 Å². The molecule has 1 saturated heterocycles. The van der Waals surface area contributed by atoms with Crippen molar-refractivity contribution < 1.29 is 27.1 Å². The maximum Gasteiger partial charge on any atom is 0.309 e. The minimum atomic E-state index is -3.93. The van der Waals surface area contributed by atoms with Crippen LogP contribution in [-0.4, -0.2) is 56.5 Å². The topological polar surface area (TPSA) is 105 Å². The van der Waals surface area contributed by atoms with E-state index in [1.54, 1.807) is 0 Å². The number of rotatable bonds is 5. The van der Waals surface area contributed by atoms with E-state index in [9.17, 15) is 22.4 Å². The van der Waals surface area contributed by atoms with Gasteiger partial charge in [0, 0.05) is 12.6 Å². The number of hydrogen-bond acceptors (Lipinski definition) is 5. The van der Waals surface area contributed by atoms with Crippen molar-refractivity contribution >= 4 is 21.8 Å². The van der Waals surface area contributed by atoms with Crippen LogP contribution in [0.3, 0.4) is 0 Å². The van der Waals surface area contributed by atoms with Crippen LogP contribution in [0.4, 0.5) is 4.39 Å². The third kappa shape index (κ3) is 5.52. The van der Waals surface area contributed by atoms with E-state index in [-0.39, 0.29) is 24.0 Å². The summed E-state index contributed by atoms with van der Waals surface area (Å²) in [6.07, 6.45) is 4.45. The molecule has 1 heterocycles. The Balaban J connectivity index is 1.60. The van der Waals surface area contributed by atoms with Gasteiger partial charge in [-0.3, -0.25) is 9.59 Å². The highest BCUT2D eigenvalue weighted by Crippen LogP contribution is 2.22. The number of benzene rings is 1. The molecule has 0 bridgehead atoms. The molecule has 0 aromatic heterocycles. The third-order valence-electron chi connectivity index (χ3n) is 5.16. The summed E-state index contributed by atoms with van der Waals surface area (Å²) in [5, 5.41) is 5.18. The zero-order chi connectivity index (χ0) is 20.9. The average molecular weight is 427 g/mol. The lowest BCUT2D eigenvalue weighted by atomic mass is 9.95. The molecule has 0 spiro atoms. The molecular weight excluding hydrogens is 401 g/mol. The SMILES string of the molecule is O=C(NCC1OCCCN1S(=O)(=O)c1ccc(F)cc1)C(=O)NC1CCCCC1. The molecule has 160 valence electrons. The molecule has 0 radical (unpaired) electrons. The van der Waals surface area contributed by atoms with Crippen LogP contribution in [0, 0.1) is 5.82 Å². The van der Waals surface area contributed by atoms with E-state index in [4.69, 9.17) is 4.74 Å². The molecule has 1 aliphatic carbocycles. The minimum absolute atomic E-state index is 0.00304. The molecule has 1 saturated carbocycles. The van der Waals surface area contributed by atoms with E-state index < -0.39 is 33.9 Å². The summed E-state index contributed by atoms with van der Waals surface area (Å²) in [5.74, 6) is -2.07. The van der Waals surface area contributed by atoms with Crippen molar-refractivity contribution in [2.45, 2.75) is 55.7 Å². The van der Waals surface area contributed by atoms with E-state index in [2.05, 4.69) is 10.6 Å². The lowest BCUT2D eigenvalue weighted by Crippen LogP contribution is -2.53. The van der Waals surface area contributed by atoms with E-state index in [0.29, 0.717) is 13.0 Å². The summed E-state index contributed by atoms with van der Waals surface area (Å²) in [6.45, 7) is 0.385. The summed E-state index contributed by atoms with van der Waals surface area (Å²) in [4.78, 5) is 24.2. The second kappa shape index (κ2) is 9.64. The first-order chi connectivity index (χ1) is 13.9. The lowest BCUT2D eigenvalue weighted by molar-refractivity contribution is -0.140. The number of ether oxygens (including phenoxy) is 1. The highest BCUT2D eigenvalue weighted by Gasteiger charge is 2.35. The van der Waals surface area contributed by atoms with Gasteiger partial charge < -0.3 is 15.4 Å². The Morgan fingerprint density at radius 1 is 1.07 bits per heavy atom. The van der Waals surface area contributed by atoms with Gasteiger partial charge in [0.25, 0.3) is 0 Å². The van der Waals surface area contributed by atoms with Gasteiger partial charge in [-0.15, -0.1) is 0 Å². The molecule has 1 atom stereocenters. The van der Waals surface area contributed by atoms with Crippen LogP contribution in [0.5, 0.6) is 0 Å². The Kier molecular flexibility index (Phi) is 7.20. The second-order valence-corrected chi connectivity index (χ2v) is 9.16. The predicted molar refractivity (Wildman–Crippen MR) is 103 cm³/mol. The van der Waals surface area contributed by atoms with Gasteiger partial charge in [-0.2, -0.15) is 4.31 Å². The summed E-state index contributed by atoms with van der Waals surface area (Å²) < 4.78 is 45.5. The maximum atomic E-state index is 13.1. The first-order valence-corrected chi connectivity index (χ1v) is 11.3. The number of amides is 2. The molecular formula is C19H26FN3O5S. The molecule has 1 aromatic carbocycles. The molecule has 29 heavy (non-hydrogen) atoms. The molecule has 10 heteroatoms. The van der Waals surface area contributed by atoms with Gasteiger partial charge in [-0.25, -0.2) is 12.8 Å². The van der Waals surface area contributed by atoms with Crippen molar-refractivity contribution in [3.63, 3.8) is 0 Å². The van der Waals surface area contributed by atoms with Crippen molar-refractivity contribution in [1.82, 2.24) is 14.9 Å². The molecule has 8 nitrogen and oxygen atoms in total. The van der Waals surface area contributed by atoms with Gasteiger partial charge >= 0.3 is 11.8 Å². The van der Waals surface area contributed by atoms with Crippen molar-refractivity contribution in [3.05, 3.63) is 30.1 Å². The van der Waals surface area contributed by atoms with Crippen LogP contribution in [0.1, 0.15) is 38.5 Å². The lowest BCUT2D eigenvalue weighted by Gasteiger charge is -2.34. The minimum Gasteiger partial charge on any atom is -0.360 e. The highest BCUT2D eigenvalue weighted by atomic mass is 32.2. The quantitative estimate of drug-likeness (QED) is 0.686. The number of carbonyl (C=O) groups is 2. The normalized spacial score (nSPS) is 21.5. The molecule has 2 fully saturated rings. The van der Waals surface area contributed by atoms with E-state index >= 15 is 0 Å². The Labute approximate surface area is 169 Å². The molecule has 2 amide bonds. The Morgan fingerprint density at radius 3 is 2.45 bits per heavy atom. The van der Waals surface area contributed by atoms with Crippen molar-refractivity contribution in [2.75, 3.05) is 19.7 Å². The van der Waals surface area contributed by atoms with Crippen LogP contribution >= 0.6 is 0 Å². The first kappa shape index (κ1) is 21.7. The zero-order valence-electron chi connectivity index (χ0n) is 16.1. The summed E-state index contributed by atoms with van der Waals surface area (Å²) in [6, 6.07) is 4.52. The Morgan fingerprint density at radius 2 is 1.76 bits per heavy atom. The summed E-state index contributed by atoms with van der Waals surface area (Å²) >= 11 is 0. The van der Waals surface area contributed by atoms with Gasteiger partial charge in [0.2, 0.25) is 10.0 Å². The Hall–Kier alpha value is -2.04. The number of nitrogens with one attached hydrogen (secondary N) is 2. The number of carbonyl (C=O) groups excluding carboxylic acids is 2. The van der Waals surface area contributed by atoms with Crippen molar-refractivity contribution in [1.29, 1.82) is 0 Å². The second-order valence-electron chi connectivity index (χ2n) is 7.27. The maximum absolute atomic E-state index is 13.1. The van der Waals surface area contributed by atoms with Crippen LogP contribution < -0.4 is 10.6 Å². The fraction of sp³-hybridized carbons (Fsp3) is 0.579. The molecule has 2 aliphatic rings. The van der Waals surface area contributed by atoms with E-state index in [1.165, 1.54) is 12.1 Å². The molecule has 1 unspecified atom stereocenters. The van der Waals surface area contributed by atoms with Gasteiger partial charge in [0.15, 0.2) is 0 Å². The van der Waals surface area contributed by atoms with Crippen LogP contribution in [0.15, 0.2) is 29.2 Å². The van der Waals surface area contributed by atoms with E-state index in [1.807, 2.05) is 0 Å². The number of sulfonamides is 1. The van der Waals surface area contributed by atoms with Gasteiger partial charge in [0.05, 0.1) is 18.0 Å². The first-order valence-electron chi connectivity index (χ1n) is 9.85. The van der Waals surface area contributed by atoms with Crippen LogP contribution in [0.25, 0.3) is 0 Å². The largest absolute Gasteiger partial charge is 0.360 e. The summed E-state index contributed by atoms with van der Waals surface area (Å²) in [7, 11) is -3.93. The van der Waals surface area contributed by atoms with Gasteiger partial charge in [-0.05, 0) is 43.5 Å². The van der Waals surface area contributed by atoms with Crippen molar-refractivity contribution in [3.8, 4) is 0 Å². The van der Waals surface area contributed by atoms with E-state index in [0.717, 1.165) is 48.5 Å². The number of hydrogen-bond donors (Lipinski definition) is 2. The fourth-order valence-corrected chi connectivity index (χ4v) is 5.17. The monoisotopic (exact) mass is 427 g/mol. The highest BCUT2D eigenvalue weighted by molar-refractivity contribution is 7.89. The Bertz CT molecular complexity index is 825. The molecule has 3 rings (SSSR count). The van der Waals surface area contributed by atoms with Gasteiger partial charge in [0.1, 0.15) is 12.0 Å². The molecule has 1 aromatic rings. The third-order valence-corrected chi connectivity index (χ3v) is 7.06. The fourth-order valence-electron chi connectivity index (χ4n) is 3.60. The summed E-state index contributed by atoms with van der Waals surface area (Å²) in [5.41, 5.74) is 0. The molecule has 1 aliphatic heterocycles. The molecule has 2 N–H and O–H groups in total. The van der Waals surface area contributed by atoms with Crippen molar-refractivity contribution in [2.24, 2.45) is 0 Å². The predicted octanol–water partition coefficient (Wildman–Crippen LogP) is 1.13. The van der Waals surface area contributed by atoms with Crippen LogP contribution in [-0.2, 0) is 24.3 Å². The number of nitrogens with zero attached hydrogens (tertiary/aromatic N) is 1. The van der Waals surface area contributed by atoms with Gasteiger partial charge in [-0.1, -0.05) is 19.3 Å². The zero-order valence-corrected chi connectivity index (χ0v) is 16.9. The average Bonchev–Trinajstić information content (AvgIpc) is 2.73. The number of halogens is 1. The standard InChI is InChI=1S/C19H26FN3O5S/c20-14-7-9-16(10-8-14)29(26,27)23-11-4-12-28-17(23)13-21-18(24)19(25)22-15-5-2-1-3-6-15/h7-10,15,17H,1-6,11-13H2,(H,21,24)(H,22,25).